The van der Waals surface area contributed by atoms with Gasteiger partial charge in [0, 0.05) is 10.4 Å². The molecule has 1 heterocycles. The molecule has 0 atom stereocenters. The van der Waals surface area contributed by atoms with Gasteiger partial charge in [-0.1, -0.05) is 30.3 Å². The molecule has 1 N–H and O–H groups in total. The summed E-state index contributed by atoms with van der Waals surface area (Å²) in [5.74, 6) is -0.695. The van der Waals surface area contributed by atoms with E-state index in [0.717, 1.165) is 10.4 Å². The lowest BCUT2D eigenvalue weighted by Gasteiger charge is -2.08. The molecule has 0 aliphatic carbocycles. The van der Waals surface area contributed by atoms with Crippen LogP contribution in [0.4, 0.5) is 13.2 Å². The molecule has 0 aliphatic heterocycles. The zero-order chi connectivity index (χ0) is 14.8. The molecule has 6 heteroatoms. The van der Waals surface area contributed by atoms with Crippen LogP contribution in [-0.2, 0) is 0 Å². The summed E-state index contributed by atoms with van der Waals surface area (Å²) in [6.07, 6.45) is -4.41. The van der Waals surface area contributed by atoms with E-state index >= 15 is 0 Å². The van der Waals surface area contributed by atoms with Crippen molar-refractivity contribution < 1.29 is 18.0 Å². The first-order valence-corrected chi connectivity index (χ1v) is 6.69. The number of carbonyl (C=O) groups excluding carboxylic acids is 1. The first-order chi connectivity index (χ1) is 9.37. The van der Waals surface area contributed by atoms with Gasteiger partial charge in [0.2, 0.25) is 0 Å². The Kier molecular flexibility index (Phi) is 4.13. The summed E-state index contributed by atoms with van der Waals surface area (Å²) in [5.41, 5.74) is 1.47. The van der Waals surface area contributed by atoms with Gasteiger partial charge in [0.05, 0.1) is 4.88 Å². The molecule has 0 saturated heterocycles. The number of benzene rings is 1. The zero-order valence-corrected chi connectivity index (χ0v) is 11.4. The molecular weight excluding hydrogens is 287 g/mol. The first kappa shape index (κ1) is 14.6. The number of alkyl halides is 3. The Morgan fingerprint density at radius 2 is 1.90 bits per heavy atom. The first-order valence-electron chi connectivity index (χ1n) is 5.87. The predicted octanol–water partition coefficient (Wildman–Crippen LogP) is 4.02. The van der Waals surface area contributed by atoms with Crippen LogP contribution < -0.4 is 5.32 Å². The molecule has 20 heavy (non-hydrogen) atoms. The zero-order valence-electron chi connectivity index (χ0n) is 10.6. The van der Waals surface area contributed by atoms with Crippen LogP contribution in [0.5, 0.6) is 0 Å². The largest absolute Gasteiger partial charge is 0.405 e. The number of aryl methyl sites for hydroxylation is 1. The Hall–Kier alpha value is -1.82. The Morgan fingerprint density at radius 1 is 1.25 bits per heavy atom. The predicted molar refractivity (Wildman–Crippen MR) is 72.9 cm³/mol. The van der Waals surface area contributed by atoms with E-state index < -0.39 is 18.6 Å². The molecule has 2 nitrogen and oxygen atoms in total. The van der Waals surface area contributed by atoms with Crippen LogP contribution >= 0.6 is 11.3 Å². The van der Waals surface area contributed by atoms with Crippen LogP contribution in [-0.4, -0.2) is 18.6 Å². The van der Waals surface area contributed by atoms with E-state index in [0.29, 0.717) is 10.4 Å². The molecule has 1 aromatic heterocycles. The summed E-state index contributed by atoms with van der Waals surface area (Å²) >= 11 is 1.19. The highest BCUT2D eigenvalue weighted by atomic mass is 32.1. The van der Waals surface area contributed by atoms with Crippen molar-refractivity contribution in [3.63, 3.8) is 0 Å². The lowest BCUT2D eigenvalue weighted by atomic mass is 10.1. The van der Waals surface area contributed by atoms with Crippen LogP contribution in [0.15, 0.2) is 36.4 Å². The summed E-state index contributed by atoms with van der Waals surface area (Å²) in [7, 11) is 0. The van der Waals surface area contributed by atoms with Crippen LogP contribution in [0.2, 0.25) is 0 Å². The molecule has 1 aromatic carbocycles. The maximum atomic E-state index is 12.1. The lowest BCUT2D eigenvalue weighted by molar-refractivity contribution is -0.123. The number of amides is 1. The van der Waals surface area contributed by atoms with E-state index in [1.807, 2.05) is 48.6 Å². The molecule has 0 bridgehead atoms. The molecule has 1 amide bonds. The lowest BCUT2D eigenvalue weighted by Crippen LogP contribution is -2.33. The van der Waals surface area contributed by atoms with Gasteiger partial charge in [0.15, 0.2) is 0 Å². The van der Waals surface area contributed by atoms with Crippen molar-refractivity contribution in [3.8, 4) is 11.1 Å². The Labute approximate surface area is 118 Å². The number of nitrogens with one attached hydrogen (secondary N) is 1. The van der Waals surface area contributed by atoms with Crippen molar-refractivity contribution in [1.29, 1.82) is 0 Å². The average Bonchev–Trinajstić information content (AvgIpc) is 2.78. The van der Waals surface area contributed by atoms with Gasteiger partial charge in [0.25, 0.3) is 5.91 Å². The second-order valence-electron chi connectivity index (χ2n) is 4.26. The number of carbonyl (C=O) groups is 1. The fourth-order valence-electron chi connectivity index (χ4n) is 1.78. The van der Waals surface area contributed by atoms with Crippen molar-refractivity contribution in [1.82, 2.24) is 5.32 Å². The van der Waals surface area contributed by atoms with Gasteiger partial charge in [-0.15, -0.1) is 11.3 Å². The maximum absolute atomic E-state index is 12.1. The van der Waals surface area contributed by atoms with E-state index in [1.54, 1.807) is 0 Å². The monoisotopic (exact) mass is 299 g/mol. The summed E-state index contributed by atoms with van der Waals surface area (Å²) in [6, 6.07) is 10.9. The minimum Gasteiger partial charge on any atom is -0.342 e. The second-order valence-corrected chi connectivity index (χ2v) is 5.52. The van der Waals surface area contributed by atoms with Gasteiger partial charge in [-0.2, -0.15) is 13.2 Å². The summed E-state index contributed by atoms with van der Waals surface area (Å²) in [4.78, 5) is 13.1. The minimum atomic E-state index is -4.41. The topological polar surface area (TPSA) is 29.1 Å². The van der Waals surface area contributed by atoms with Crippen molar-refractivity contribution in [3.05, 3.63) is 46.2 Å². The van der Waals surface area contributed by atoms with Gasteiger partial charge in [-0.05, 0) is 18.6 Å². The van der Waals surface area contributed by atoms with Crippen LogP contribution in [0.3, 0.4) is 0 Å². The van der Waals surface area contributed by atoms with Gasteiger partial charge in [-0.25, -0.2) is 0 Å². The molecule has 0 aliphatic rings. The molecule has 106 valence electrons. The summed E-state index contributed by atoms with van der Waals surface area (Å²) in [5, 5.41) is 1.91. The quantitative estimate of drug-likeness (QED) is 0.911. The van der Waals surface area contributed by atoms with Gasteiger partial charge >= 0.3 is 6.18 Å². The molecule has 0 fully saturated rings. The number of hydrogen-bond donors (Lipinski definition) is 1. The number of rotatable bonds is 3. The summed E-state index contributed by atoms with van der Waals surface area (Å²) < 4.78 is 36.4. The number of hydrogen-bond acceptors (Lipinski definition) is 2. The molecule has 0 saturated carbocycles. The smallest absolute Gasteiger partial charge is 0.342 e. The van der Waals surface area contributed by atoms with Crippen molar-refractivity contribution in [2.24, 2.45) is 0 Å². The van der Waals surface area contributed by atoms with Gasteiger partial charge in [-0.3, -0.25) is 4.79 Å². The van der Waals surface area contributed by atoms with E-state index in [4.69, 9.17) is 0 Å². The molecule has 0 spiro atoms. The third-order valence-corrected chi connectivity index (χ3v) is 3.64. The number of thiophene rings is 1. The highest BCUT2D eigenvalue weighted by Crippen LogP contribution is 2.31. The molecule has 0 unspecified atom stereocenters. The van der Waals surface area contributed by atoms with Gasteiger partial charge < -0.3 is 5.32 Å². The summed E-state index contributed by atoms with van der Waals surface area (Å²) in [6.45, 7) is 0.495. The van der Waals surface area contributed by atoms with Crippen molar-refractivity contribution in [2.75, 3.05) is 6.54 Å². The fraction of sp³-hybridized carbons (Fsp3) is 0.214. The second kappa shape index (κ2) is 5.66. The third kappa shape index (κ3) is 3.60. The molecule has 2 aromatic rings. The minimum absolute atomic E-state index is 0.304. The highest BCUT2D eigenvalue weighted by molar-refractivity contribution is 7.14. The Balaban J connectivity index is 2.27. The average molecular weight is 299 g/mol. The Morgan fingerprint density at radius 3 is 2.50 bits per heavy atom. The molecule has 2 rings (SSSR count). The van der Waals surface area contributed by atoms with Crippen molar-refractivity contribution >= 4 is 17.2 Å². The standard InChI is InChI=1S/C14H12F3NOS/c1-9-7-11(10-5-3-2-4-6-10)12(20-9)13(19)18-8-14(15,16)17/h2-7H,8H2,1H3,(H,18,19). The normalized spacial score (nSPS) is 11.4. The molecular formula is C14H12F3NOS. The SMILES string of the molecule is Cc1cc(-c2ccccc2)c(C(=O)NCC(F)(F)F)s1. The maximum Gasteiger partial charge on any atom is 0.405 e. The van der Waals surface area contributed by atoms with Crippen LogP contribution in [0.1, 0.15) is 14.5 Å². The van der Waals surface area contributed by atoms with E-state index in [2.05, 4.69) is 0 Å². The highest BCUT2D eigenvalue weighted by Gasteiger charge is 2.28. The van der Waals surface area contributed by atoms with Crippen LogP contribution in [0, 0.1) is 6.92 Å². The van der Waals surface area contributed by atoms with E-state index in [9.17, 15) is 18.0 Å². The van der Waals surface area contributed by atoms with Gasteiger partial charge in [0.1, 0.15) is 6.54 Å². The Bertz CT molecular complexity index is 605. The third-order valence-electron chi connectivity index (χ3n) is 2.60. The number of halogens is 3. The van der Waals surface area contributed by atoms with Crippen molar-refractivity contribution in [2.45, 2.75) is 13.1 Å². The molecule has 0 radical (unpaired) electrons. The van der Waals surface area contributed by atoms with Crippen LogP contribution in [0.25, 0.3) is 11.1 Å². The van der Waals surface area contributed by atoms with E-state index in [-0.39, 0.29) is 0 Å². The van der Waals surface area contributed by atoms with E-state index in [1.165, 1.54) is 11.3 Å². The fourth-order valence-corrected chi connectivity index (χ4v) is 2.73.